The van der Waals surface area contributed by atoms with E-state index >= 15 is 0 Å². The SMILES string of the molecule is CCC[C@H](C)/C=C(\C)[C@H](O)[C@H](C)/C=C/CC[C@@H](O)[C@H](C)[C@H](O)[C@H](C)[C@H](O)[C@H](C)[C@H]1O[C@H]([C@H](C)C(=O)O)CC[C@@H]1C. The van der Waals surface area contributed by atoms with Crippen LogP contribution < -0.4 is 0 Å². The fourth-order valence-electron chi connectivity index (χ4n) is 6.19. The van der Waals surface area contributed by atoms with Crippen molar-refractivity contribution in [3.8, 4) is 0 Å². The highest BCUT2D eigenvalue weighted by Gasteiger charge is 2.41. The summed E-state index contributed by atoms with van der Waals surface area (Å²) < 4.78 is 6.19. The van der Waals surface area contributed by atoms with E-state index < -0.39 is 54.2 Å². The summed E-state index contributed by atoms with van der Waals surface area (Å²) in [5.41, 5.74) is 0.983. The lowest BCUT2D eigenvalue weighted by Gasteiger charge is -2.43. The third kappa shape index (κ3) is 10.9. The molecule has 1 aliphatic heterocycles. The summed E-state index contributed by atoms with van der Waals surface area (Å²) in [7, 11) is 0. The Morgan fingerprint density at radius 1 is 0.950 bits per heavy atom. The van der Waals surface area contributed by atoms with E-state index in [0.717, 1.165) is 24.8 Å². The Bertz CT molecular complexity index is 796. The Kier molecular flexibility index (Phi) is 16.2. The highest BCUT2D eigenvalue weighted by atomic mass is 16.5. The Morgan fingerprint density at radius 3 is 2.15 bits per heavy atom. The number of hydrogen-bond acceptors (Lipinski definition) is 6. The molecule has 1 saturated heterocycles. The molecule has 0 bridgehead atoms. The summed E-state index contributed by atoms with van der Waals surface area (Å²) in [4.78, 5) is 11.5. The normalized spacial score (nSPS) is 28.2. The Balaban J connectivity index is 2.66. The number of carboxylic acid groups (broad SMARTS) is 1. The van der Waals surface area contributed by atoms with Gasteiger partial charge < -0.3 is 30.3 Å². The minimum Gasteiger partial charge on any atom is -0.481 e. The molecule has 0 aliphatic carbocycles. The van der Waals surface area contributed by atoms with Gasteiger partial charge in [-0.25, -0.2) is 0 Å². The van der Waals surface area contributed by atoms with E-state index in [-0.39, 0.29) is 23.9 Å². The molecule has 0 aromatic carbocycles. The van der Waals surface area contributed by atoms with Gasteiger partial charge in [-0.2, -0.15) is 0 Å². The first-order chi connectivity index (χ1) is 18.6. The smallest absolute Gasteiger partial charge is 0.308 e. The first kappa shape index (κ1) is 36.8. The number of ether oxygens (including phenoxy) is 1. The van der Waals surface area contributed by atoms with Gasteiger partial charge in [0.1, 0.15) is 0 Å². The number of aliphatic hydroxyl groups is 4. The van der Waals surface area contributed by atoms with Crippen molar-refractivity contribution in [3.63, 3.8) is 0 Å². The molecular weight excluding hydrogens is 508 g/mol. The summed E-state index contributed by atoms with van der Waals surface area (Å²) in [5, 5.41) is 53.1. The molecule has 0 aromatic rings. The first-order valence-electron chi connectivity index (χ1n) is 15.6. The highest BCUT2D eigenvalue weighted by molar-refractivity contribution is 5.70. The fraction of sp³-hybridized carbons (Fsp3) is 0.848. The van der Waals surface area contributed by atoms with E-state index in [9.17, 15) is 30.3 Å². The van der Waals surface area contributed by atoms with Crippen molar-refractivity contribution < 1.29 is 35.1 Å². The summed E-state index contributed by atoms with van der Waals surface area (Å²) >= 11 is 0. The predicted molar refractivity (Wildman–Crippen MR) is 161 cm³/mol. The van der Waals surface area contributed by atoms with Crippen molar-refractivity contribution in [1.29, 1.82) is 0 Å². The maximum Gasteiger partial charge on any atom is 0.308 e. The third-order valence-corrected chi connectivity index (χ3v) is 9.35. The molecule has 1 heterocycles. The van der Waals surface area contributed by atoms with Gasteiger partial charge in [-0.1, -0.05) is 73.1 Å². The van der Waals surface area contributed by atoms with Gasteiger partial charge in [0.05, 0.1) is 42.5 Å². The molecule has 0 amide bonds. The zero-order valence-electron chi connectivity index (χ0n) is 26.5. The lowest BCUT2D eigenvalue weighted by atomic mass is 9.76. The second kappa shape index (κ2) is 17.6. The van der Waals surface area contributed by atoms with E-state index in [1.807, 2.05) is 32.9 Å². The molecule has 7 heteroatoms. The number of aliphatic carboxylic acids is 1. The monoisotopic (exact) mass is 568 g/mol. The van der Waals surface area contributed by atoms with Crippen molar-refractivity contribution in [2.75, 3.05) is 0 Å². The van der Waals surface area contributed by atoms with Crippen LogP contribution in [0, 0.1) is 41.4 Å². The molecule has 1 aliphatic rings. The van der Waals surface area contributed by atoms with Gasteiger partial charge in [-0.3, -0.25) is 4.79 Å². The van der Waals surface area contributed by atoms with Gasteiger partial charge in [0.15, 0.2) is 0 Å². The van der Waals surface area contributed by atoms with Crippen molar-refractivity contribution >= 4 is 5.97 Å². The van der Waals surface area contributed by atoms with Crippen LogP contribution in [-0.4, -0.2) is 68.1 Å². The third-order valence-electron chi connectivity index (χ3n) is 9.35. The van der Waals surface area contributed by atoms with Gasteiger partial charge in [0.2, 0.25) is 0 Å². The number of rotatable bonds is 17. The van der Waals surface area contributed by atoms with Crippen LogP contribution in [0.1, 0.15) is 101 Å². The van der Waals surface area contributed by atoms with E-state index in [1.165, 1.54) is 0 Å². The molecule has 0 aromatic heterocycles. The van der Waals surface area contributed by atoms with E-state index in [4.69, 9.17) is 4.74 Å². The standard InChI is InChI=1S/C33H60O7/c1-10-13-19(2)18-22(5)29(35)20(3)14-11-12-15-27(34)23(6)30(36)25(8)31(37)26(9)32-21(4)16-17-28(40-32)24(7)33(38)39/h11,14,18-21,23-32,34-37H,10,12-13,15-17H2,1-9H3,(H,38,39)/b14-11+,22-18+/t19-,20+,21-,23-,24-,25-,26-,27+,28-,29+,30-,31-,32-/m0/s1. The van der Waals surface area contributed by atoms with Crippen LogP contribution >= 0.6 is 0 Å². The molecule has 0 spiro atoms. The van der Waals surface area contributed by atoms with Crippen molar-refractivity contribution in [1.82, 2.24) is 0 Å². The molecule has 0 unspecified atom stereocenters. The molecule has 5 N–H and O–H groups in total. The van der Waals surface area contributed by atoms with Crippen LogP contribution in [0.2, 0.25) is 0 Å². The molecule has 1 fully saturated rings. The lowest BCUT2D eigenvalue weighted by Crippen LogP contribution is -2.49. The number of aliphatic hydroxyl groups excluding tert-OH is 4. The Hall–Kier alpha value is -1.25. The average molecular weight is 569 g/mol. The second-order valence-electron chi connectivity index (χ2n) is 12.9. The molecule has 0 saturated carbocycles. The minimum absolute atomic E-state index is 0.0376. The Labute approximate surface area is 243 Å². The quantitative estimate of drug-likeness (QED) is 0.145. The van der Waals surface area contributed by atoms with Crippen molar-refractivity contribution in [3.05, 3.63) is 23.8 Å². The van der Waals surface area contributed by atoms with E-state index in [0.29, 0.717) is 25.2 Å². The van der Waals surface area contributed by atoms with Gasteiger partial charge >= 0.3 is 5.97 Å². The van der Waals surface area contributed by atoms with Crippen LogP contribution in [-0.2, 0) is 9.53 Å². The lowest BCUT2D eigenvalue weighted by molar-refractivity contribution is -0.169. The number of carboxylic acids is 1. The van der Waals surface area contributed by atoms with Gasteiger partial charge in [-0.05, 0) is 63.4 Å². The molecule has 40 heavy (non-hydrogen) atoms. The first-order valence-corrected chi connectivity index (χ1v) is 15.6. The topological polar surface area (TPSA) is 127 Å². The summed E-state index contributed by atoms with van der Waals surface area (Å²) in [6.45, 7) is 17.5. The fourth-order valence-corrected chi connectivity index (χ4v) is 6.19. The molecule has 1 rings (SSSR count). The second-order valence-corrected chi connectivity index (χ2v) is 12.9. The van der Waals surface area contributed by atoms with Crippen LogP contribution in [0.5, 0.6) is 0 Å². The van der Waals surface area contributed by atoms with Gasteiger partial charge in [0.25, 0.3) is 0 Å². The molecule has 7 nitrogen and oxygen atoms in total. The average Bonchev–Trinajstić information content (AvgIpc) is 2.92. The highest BCUT2D eigenvalue weighted by Crippen LogP contribution is 2.36. The van der Waals surface area contributed by atoms with E-state index in [1.54, 1.807) is 20.8 Å². The summed E-state index contributed by atoms with van der Waals surface area (Å²) in [6, 6.07) is 0. The Morgan fingerprint density at radius 2 is 1.57 bits per heavy atom. The summed E-state index contributed by atoms with van der Waals surface area (Å²) in [5.74, 6) is -2.17. The predicted octanol–water partition coefficient (Wildman–Crippen LogP) is 5.60. The molecule has 13 atom stereocenters. The van der Waals surface area contributed by atoms with Crippen LogP contribution in [0.15, 0.2) is 23.8 Å². The van der Waals surface area contributed by atoms with Crippen molar-refractivity contribution in [2.45, 2.75) is 137 Å². The zero-order valence-corrected chi connectivity index (χ0v) is 26.5. The van der Waals surface area contributed by atoms with Crippen LogP contribution in [0.4, 0.5) is 0 Å². The maximum atomic E-state index is 11.5. The number of hydrogen-bond donors (Lipinski definition) is 5. The minimum atomic E-state index is -0.914. The van der Waals surface area contributed by atoms with Gasteiger partial charge in [-0.15, -0.1) is 0 Å². The molecule has 0 radical (unpaired) electrons. The molecule has 234 valence electrons. The number of allylic oxidation sites excluding steroid dienone is 2. The maximum absolute atomic E-state index is 11.5. The zero-order chi connectivity index (χ0) is 30.7. The van der Waals surface area contributed by atoms with Crippen molar-refractivity contribution in [2.24, 2.45) is 41.4 Å². The van der Waals surface area contributed by atoms with Crippen LogP contribution in [0.3, 0.4) is 0 Å². The largest absolute Gasteiger partial charge is 0.481 e. The number of carbonyl (C=O) groups is 1. The van der Waals surface area contributed by atoms with Gasteiger partial charge in [0, 0.05) is 23.7 Å². The van der Waals surface area contributed by atoms with E-state index in [2.05, 4.69) is 26.8 Å². The summed E-state index contributed by atoms with van der Waals surface area (Å²) in [6.07, 6.45) is 7.17. The van der Waals surface area contributed by atoms with Crippen LogP contribution in [0.25, 0.3) is 0 Å². The molecular formula is C33H60O7.